The van der Waals surface area contributed by atoms with E-state index in [2.05, 4.69) is 6.58 Å². The maximum absolute atomic E-state index is 5.84. The molecule has 1 aliphatic rings. The number of hydrogen-bond acceptors (Lipinski definition) is 3. The van der Waals surface area contributed by atoms with Gasteiger partial charge in [-0.1, -0.05) is 12.7 Å². The van der Waals surface area contributed by atoms with E-state index in [4.69, 9.17) is 11.6 Å². The summed E-state index contributed by atoms with van der Waals surface area (Å²) in [6, 6.07) is 0.837. The molecule has 3 heteroatoms. The Morgan fingerprint density at radius 3 is 2.38 bits per heavy atom. The Balaban J connectivity index is 2.35. The molecule has 0 bridgehead atoms. The molecule has 0 spiro atoms. The molecule has 74 valence electrons. The van der Waals surface area contributed by atoms with E-state index in [0.717, 1.165) is 25.7 Å². The van der Waals surface area contributed by atoms with Crippen molar-refractivity contribution in [1.29, 1.82) is 0 Å². The van der Waals surface area contributed by atoms with Crippen LogP contribution in [-0.4, -0.2) is 17.1 Å². The van der Waals surface area contributed by atoms with E-state index in [1.165, 1.54) is 0 Å². The fourth-order valence-corrected chi connectivity index (χ4v) is 1.68. The van der Waals surface area contributed by atoms with Gasteiger partial charge in [-0.15, -0.1) is 0 Å². The van der Waals surface area contributed by atoms with Gasteiger partial charge in [-0.05, 0) is 31.8 Å². The maximum Gasteiger partial charge on any atom is 0.0446 e. The van der Waals surface area contributed by atoms with E-state index in [1.807, 2.05) is 12.3 Å². The third-order valence-corrected chi connectivity index (χ3v) is 2.56. The second kappa shape index (κ2) is 5.04. The molecule has 3 nitrogen and oxygen atoms in total. The third kappa shape index (κ3) is 3.20. The molecule has 0 aromatic carbocycles. The Kier molecular flexibility index (Phi) is 3.99. The topological polar surface area (TPSA) is 55.3 Å². The Morgan fingerprint density at radius 2 is 1.85 bits per heavy atom. The number of nitrogens with zero attached hydrogens (tertiary/aromatic N) is 1. The van der Waals surface area contributed by atoms with E-state index in [0.29, 0.717) is 12.1 Å². The van der Waals surface area contributed by atoms with Crippen LogP contribution in [0.5, 0.6) is 0 Å². The monoisotopic (exact) mass is 181 g/mol. The van der Waals surface area contributed by atoms with Gasteiger partial charge in [-0.3, -0.25) is 0 Å². The fraction of sp³-hybridized carbons (Fsp3) is 0.600. The molecule has 13 heavy (non-hydrogen) atoms. The lowest BCUT2D eigenvalue weighted by Crippen LogP contribution is -2.41. The molecule has 0 aromatic heterocycles. The van der Waals surface area contributed by atoms with Crippen LogP contribution in [0, 0.1) is 0 Å². The zero-order valence-electron chi connectivity index (χ0n) is 8.02. The van der Waals surface area contributed by atoms with Crippen molar-refractivity contribution >= 4 is 0 Å². The highest BCUT2D eigenvalue weighted by Crippen LogP contribution is 2.20. The van der Waals surface area contributed by atoms with Crippen molar-refractivity contribution in [3.05, 3.63) is 24.9 Å². The second-order valence-electron chi connectivity index (χ2n) is 3.59. The van der Waals surface area contributed by atoms with E-state index in [-0.39, 0.29) is 0 Å². The summed E-state index contributed by atoms with van der Waals surface area (Å²) < 4.78 is 0. The van der Waals surface area contributed by atoms with Crippen LogP contribution in [0.25, 0.3) is 0 Å². The molecule has 0 unspecified atom stereocenters. The molecular formula is C10H19N3. The zero-order chi connectivity index (χ0) is 9.68. The first kappa shape index (κ1) is 10.3. The summed E-state index contributed by atoms with van der Waals surface area (Å²) in [4.78, 5) is 0. The molecule has 0 atom stereocenters. The first-order valence-corrected chi connectivity index (χ1v) is 4.82. The second-order valence-corrected chi connectivity index (χ2v) is 3.59. The van der Waals surface area contributed by atoms with Gasteiger partial charge in [0.2, 0.25) is 0 Å². The van der Waals surface area contributed by atoms with E-state index >= 15 is 0 Å². The van der Waals surface area contributed by atoms with E-state index in [1.54, 1.807) is 11.1 Å². The molecule has 1 aliphatic carbocycles. The smallest absolute Gasteiger partial charge is 0.0446 e. The van der Waals surface area contributed by atoms with Crippen molar-refractivity contribution in [3.63, 3.8) is 0 Å². The molecule has 1 fully saturated rings. The van der Waals surface area contributed by atoms with Crippen molar-refractivity contribution < 1.29 is 0 Å². The quantitative estimate of drug-likeness (QED) is 0.390. The highest BCUT2D eigenvalue weighted by atomic mass is 15.4. The van der Waals surface area contributed by atoms with E-state index < -0.39 is 0 Å². The third-order valence-electron chi connectivity index (χ3n) is 2.56. The fourth-order valence-electron chi connectivity index (χ4n) is 1.68. The zero-order valence-corrected chi connectivity index (χ0v) is 8.02. The predicted octanol–water partition coefficient (Wildman–Crippen LogP) is 1.13. The van der Waals surface area contributed by atoms with Crippen LogP contribution in [0.2, 0.25) is 0 Å². The molecule has 0 aliphatic heterocycles. The highest BCUT2D eigenvalue weighted by molar-refractivity contribution is 4.97. The Bertz CT molecular complexity index is 181. The molecule has 0 heterocycles. The van der Waals surface area contributed by atoms with Crippen LogP contribution in [-0.2, 0) is 0 Å². The minimum atomic E-state index is 0.382. The Hall–Kier alpha value is -0.800. The molecule has 0 radical (unpaired) electrons. The van der Waals surface area contributed by atoms with Gasteiger partial charge in [0, 0.05) is 18.3 Å². The van der Waals surface area contributed by atoms with Crippen LogP contribution in [0.1, 0.15) is 25.7 Å². The van der Waals surface area contributed by atoms with E-state index in [9.17, 15) is 0 Å². The molecule has 0 saturated heterocycles. The van der Waals surface area contributed by atoms with Crippen LogP contribution in [0.3, 0.4) is 0 Å². The largest absolute Gasteiger partial charge is 0.328 e. The summed E-state index contributed by atoms with van der Waals surface area (Å²) >= 11 is 0. The van der Waals surface area contributed by atoms with Crippen molar-refractivity contribution in [2.24, 2.45) is 11.6 Å². The summed E-state index contributed by atoms with van der Waals surface area (Å²) in [5, 5.41) is 1.77. The molecule has 1 saturated carbocycles. The van der Waals surface area contributed by atoms with Gasteiger partial charge in [0.1, 0.15) is 0 Å². The summed E-state index contributed by atoms with van der Waals surface area (Å²) in [6.45, 7) is 3.60. The van der Waals surface area contributed by atoms with Gasteiger partial charge in [0.15, 0.2) is 0 Å². The first-order valence-electron chi connectivity index (χ1n) is 4.82. The van der Waals surface area contributed by atoms with Crippen LogP contribution < -0.4 is 11.6 Å². The summed E-state index contributed by atoms with van der Waals surface area (Å²) in [7, 11) is 0. The predicted molar refractivity (Wildman–Crippen MR) is 55.6 cm³/mol. The Labute approximate surface area is 80.0 Å². The minimum Gasteiger partial charge on any atom is -0.328 e. The van der Waals surface area contributed by atoms with Gasteiger partial charge in [0.25, 0.3) is 0 Å². The average molecular weight is 181 g/mol. The van der Waals surface area contributed by atoms with Gasteiger partial charge in [-0.2, -0.15) is 0 Å². The van der Waals surface area contributed by atoms with Crippen LogP contribution >= 0.6 is 0 Å². The highest BCUT2D eigenvalue weighted by Gasteiger charge is 2.20. The lowest BCUT2D eigenvalue weighted by atomic mass is 9.91. The van der Waals surface area contributed by atoms with Gasteiger partial charge in [0.05, 0.1) is 0 Å². The van der Waals surface area contributed by atoms with Gasteiger partial charge in [-0.25, -0.2) is 5.84 Å². The summed E-state index contributed by atoms with van der Waals surface area (Å²) in [5.74, 6) is 5.84. The molecule has 0 aromatic rings. The van der Waals surface area contributed by atoms with Crippen LogP contribution in [0.15, 0.2) is 24.9 Å². The normalized spacial score (nSPS) is 29.1. The molecule has 4 N–H and O–H groups in total. The standard InChI is InChI=1S/C10H19N3/c1-2-3-8-13(12)10-6-4-9(11)5-7-10/h2-3,8-10H,1,4-7,11-12H2/b8-3-. The van der Waals surface area contributed by atoms with Crippen LogP contribution in [0.4, 0.5) is 0 Å². The average Bonchev–Trinajstić information content (AvgIpc) is 2.15. The maximum atomic E-state index is 5.84. The minimum absolute atomic E-state index is 0.382. The van der Waals surface area contributed by atoms with Gasteiger partial charge < -0.3 is 10.7 Å². The summed E-state index contributed by atoms with van der Waals surface area (Å²) in [5.41, 5.74) is 5.80. The number of rotatable bonds is 3. The SMILES string of the molecule is C=C/C=C\N(N)C1CCC(N)CC1. The van der Waals surface area contributed by atoms with Crippen molar-refractivity contribution in [2.45, 2.75) is 37.8 Å². The number of nitrogens with two attached hydrogens (primary N) is 2. The lowest BCUT2D eigenvalue weighted by molar-refractivity contribution is 0.211. The number of hydrogen-bond donors (Lipinski definition) is 2. The molecular weight excluding hydrogens is 162 g/mol. The summed E-state index contributed by atoms with van der Waals surface area (Å²) in [6.07, 6.45) is 9.82. The van der Waals surface area contributed by atoms with Gasteiger partial charge >= 0.3 is 0 Å². The number of allylic oxidation sites excluding steroid dienone is 2. The molecule has 1 rings (SSSR count). The first-order chi connectivity index (χ1) is 6.24. The number of hydrazine groups is 1. The van der Waals surface area contributed by atoms with Crippen molar-refractivity contribution in [2.75, 3.05) is 0 Å². The molecule has 0 amide bonds. The van der Waals surface area contributed by atoms with Crippen molar-refractivity contribution in [1.82, 2.24) is 5.01 Å². The lowest BCUT2D eigenvalue weighted by Gasteiger charge is -2.31. The van der Waals surface area contributed by atoms with Crippen molar-refractivity contribution in [3.8, 4) is 0 Å². The Morgan fingerprint density at radius 1 is 1.23 bits per heavy atom.